The highest BCUT2D eigenvalue weighted by Crippen LogP contribution is 2.18. The molecule has 0 saturated carbocycles. The van der Waals surface area contributed by atoms with Crippen molar-refractivity contribution in [3.63, 3.8) is 0 Å². The number of amides is 1. The van der Waals surface area contributed by atoms with Crippen molar-refractivity contribution >= 4 is 23.0 Å². The molecule has 4 rings (SSSR count). The highest BCUT2D eigenvalue weighted by Gasteiger charge is 2.12. The Labute approximate surface area is 159 Å². The number of para-hydroxylation sites is 1. The molecule has 2 aromatic carbocycles. The Balaban J connectivity index is 1.41. The first kappa shape index (κ1) is 17.1. The summed E-state index contributed by atoms with van der Waals surface area (Å²) in [5.41, 5.74) is 5.30. The van der Waals surface area contributed by atoms with Crippen molar-refractivity contribution in [3.8, 4) is 17.5 Å². The van der Waals surface area contributed by atoms with Gasteiger partial charge in [0.1, 0.15) is 6.54 Å². The lowest BCUT2D eigenvalue weighted by atomic mass is 10.1. The number of hydrazone groups is 1. The standard InChI is InChI=1S/C19H14N8O/c20-9-13-5-1-2-7-16(13)19-24-26-27(25-19)12-18(28)23-22-11-14-10-21-17-8-4-3-6-15(14)17/h1-8,10-11,21H,12H2,(H,23,28)/b22-11-. The number of fused-ring (bicyclic) bond motifs is 1. The van der Waals surface area contributed by atoms with Crippen LogP contribution >= 0.6 is 0 Å². The second-order valence-electron chi connectivity index (χ2n) is 5.88. The van der Waals surface area contributed by atoms with E-state index >= 15 is 0 Å². The molecule has 0 aliphatic heterocycles. The number of nitriles is 1. The Morgan fingerprint density at radius 2 is 2.07 bits per heavy atom. The predicted molar refractivity (Wildman–Crippen MR) is 102 cm³/mol. The van der Waals surface area contributed by atoms with Crippen LogP contribution in [-0.2, 0) is 11.3 Å². The molecule has 1 amide bonds. The molecule has 2 heterocycles. The number of carbonyl (C=O) groups excluding carboxylic acids is 1. The molecular weight excluding hydrogens is 356 g/mol. The normalized spacial score (nSPS) is 11.0. The average molecular weight is 370 g/mol. The van der Waals surface area contributed by atoms with Crippen LogP contribution in [0.3, 0.4) is 0 Å². The number of hydrogen-bond acceptors (Lipinski definition) is 6. The number of hydrogen-bond donors (Lipinski definition) is 2. The number of tetrazole rings is 1. The molecule has 2 aromatic heterocycles. The summed E-state index contributed by atoms with van der Waals surface area (Å²) in [6, 6.07) is 16.8. The summed E-state index contributed by atoms with van der Waals surface area (Å²) in [5, 5.41) is 26.1. The molecule has 0 atom stereocenters. The Hall–Kier alpha value is -4.32. The van der Waals surface area contributed by atoms with Crippen molar-refractivity contribution in [2.75, 3.05) is 0 Å². The van der Waals surface area contributed by atoms with E-state index in [4.69, 9.17) is 5.26 Å². The van der Waals surface area contributed by atoms with Crippen molar-refractivity contribution in [2.24, 2.45) is 5.10 Å². The van der Waals surface area contributed by atoms with Crippen molar-refractivity contribution in [1.82, 2.24) is 30.6 Å². The number of carbonyl (C=O) groups is 1. The number of nitrogens with one attached hydrogen (secondary N) is 2. The van der Waals surface area contributed by atoms with Crippen LogP contribution in [0.5, 0.6) is 0 Å². The second kappa shape index (κ2) is 7.51. The van der Waals surface area contributed by atoms with Gasteiger partial charge < -0.3 is 4.98 Å². The maximum Gasteiger partial charge on any atom is 0.263 e. The first-order chi connectivity index (χ1) is 13.7. The van der Waals surface area contributed by atoms with E-state index in [1.807, 2.05) is 30.5 Å². The van der Waals surface area contributed by atoms with Gasteiger partial charge in [-0.05, 0) is 23.4 Å². The first-order valence-corrected chi connectivity index (χ1v) is 8.40. The third-order valence-electron chi connectivity index (χ3n) is 4.04. The highest BCUT2D eigenvalue weighted by atomic mass is 16.2. The summed E-state index contributed by atoms with van der Waals surface area (Å²) in [6.45, 7) is -0.146. The van der Waals surface area contributed by atoms with Crippen LogP contribution in [0.4, 0.5) is 0 Å². The fraction of sp³-hybridized carbons (Fsp3) is 0.0526. The van der Waals surface area contributed by atoms with Crippen LogP contribution in [0.25, 0.3) is 22.3 Å². The molecule has 0 bridgehead atoms. The molecule has 0 saturated heterocycles. The van der Waals surface area contributed by atoms with E-state index in [-0.39, 0.29) is 12.4 Å². The van der Waals surface area contributed by atoms with Gasteiger partial charge in [-0.25, -0.2) is 5.43 Å². The van der Waals surface area contributed by atoms with E-state index < -0.39 is 5.91 Å². The number of aromatic nitrogens is 5. The zero-order chi connectivity index (χ0) is 19.3. The van der Waals surface area contributed by atoms with Crippen molar-refractivity contribution in [1.29, 1.82) is 5.26 Å². The van der Waals surface area contributed by atoms with Crippen LogP contribution < -0.4 is 5.43 Å². The van der Waals surface area contributed by atoms with Gasteiger partial charge in [-0.3, -0.25) is 4.79 Å². The van der Waals surface area contributed by atoms with E-state index in [0.717, 1.165) is 21.3 Å². The smallest absolute Gasteiger partial charge is 0.263 e. The van der Waals surface area contributed by atoms with Gasteiger partial charge in [0.15, 0.2) is 0 Å². The van der Waals surface area contributed by atoms with E-state index in [2.05, 4.69) is 37.0 Å². The molecule has 9 nitrogen and oxygen atoms in total. The van der Waals surface area contributed by atoms with Gasteiger partial charge in [-0.1, -0.05) is 30.3 Å². The van der Waals surface area contributed by atoms with Gasteiger partial charge in [-0.15, -0.1) is 10.2 Å². The summed E-state index contributed by atoms with van der Waals surface area (Å²) < 4.78 is 0. The number of benzene rings is 2. The van der Waals surface area contributed by atoms with Crippen LogP contribution in [0.15, 0.2) is 59.8 Å². The van der Waals surface area contributed by atoms with E-state index in [1.165, 1.54) is 0 Å². The monoisotopic (exact) mass is 370 g/mol. The van der Waals surface area contributed by atoms with E-state index in [0.29, 0.717) is 11.1 Å². The highest BCUT2D eigenvalue weighted by molar-refractivity contribution is 5.99. The Morgan fingerprint density at radius 1 is 1.25 bits per heavy atom. The SMILES string of the molecule is N#Cc1ccccc1-c1nnn(CC(=O)N/N=C\c2c[nH]c3ccccc23)n1. The summed E-state index contributed by atoms with van der Waals surface area (Å²) in [4.78, 5) is 16.3. The van der Waals surface area contributed by atoms with Gasteiger partial charge >= 0.3 is 0 Å². The zero-order valence-electron chi connectivity index (χ0n) is 14.6. The van der Waals surface area contributed by atoms with E-state index in [1.54, 1.807) is 30.5 Å². The maximum atomic E-state index is 12.1. The minimum atomic E-state index is -0.395. The van der Waals surface area contributed by atoms with Crippen LogP contribution in [-0.4, -0.2) is 37.3 Å². The molecule has 9 heteroatoms. The lowest BCUT2D eigenvalue weighted by molar-refractivity contribution is -0.122. The molecule has 0 radical (unpaired) electrons. The number of H-pyrrole nitrogens is 1. The topological polar surface area (TPSA) is 125 Å². The molecule has 0 spiro atoms. The summed E-state index contributed by atoms with van der Waals surface area (Å²) in [5.74, 6) is -0.110. The number of rotatable bonds is 5. The largest absolute Gasteiger partial charge is 0.361 e. The van der Waals surface area contributed by atoms with Crippen LogP contribution in [0, 0.1) is 11.3 Å². The lowest BCUT2D eigenvalue weighted by Gasteiger charge is -1.98. The van der Waals surface area contributed by atoms with Gasteiger partial charge in [-0.2, -0.15) is 15.2 Å². The maximum absolute atomic E-state index is 12.1. The zero-order valence-corrected chi connectivity index (χ0v) is 14.6. The molecule has 0 unspecified atom stereocenters. The third-order valence-corrected chi connectivity index (χ3v) is 4.04. The quantitative estimate of drug-likeness (QED) is 0.410. The molecule has 0 aliphatic rings. The summed E-state index contributed by atoms with van der Waals surface area (Å²) in [7, 11) is 0. The predicted octanol–water partition coefficient (Wildman–Crippen LogP) is 1.84. The second-order valence-corrected chi connectivity index (χ2v) is 5.88. The lowest BCUT2D eigenvalue weighted by Crippen LogP contribution is -2.24. The fourth-order valence-electron chi connectivity index (χ4n) is 2.73. The molecule has 136 valence electrons. The molecule has 28 heavy (non-hydrogen) atoms. The van der Waals surface area contributed by atoms with Gasteiger partial charge in [0, 0.05) is 28.2 Å². The summed E-state index contributed by atoms with van der Waals surface area (Å²) >= 11 is 0. The van der Waals surface area contributed by atoms with Crippen LogP contribution in [0.2, 0.25) is 0 Å². The minimum absolute atomic E-state index is 0.146. The fourth-order valence-corrected chi connectivity index (χ4v) is 2.73. The number of nitrogens with zero attached hydrogens (tertiary/aromatic N) is 6. The van der Waals surface area contributed by atoms with Crippen LogP contribution in [0.1, 0.15) is 11.1 Å². The van der Waals surface area contributed by atoms with E-state index in [9.17, 15) is 4.79 Å². The van der Waals surface area contributed by atoms with Gasteiger partial charge in [0.05, 0.1) is 17.8 Å². The summed E-state index contributed by atoms with van der Waals surface area (Å²) in [6.07, 6.45) is 3.39. The Kier molecular flexibility index (Phi) is 4.59. The molecule has 0 aliphatic carbocycles. The van der Waals surface area contributed by atoms with Crippen molar-refractivity contribution in [2.45, 2.75) is 6.54 Å². The van der Waals surface area contributed by atoms with Crippen molar-refractivity contribution < 1.29 is 4.79 Å². The minimum Gasteiger partial charge on any atom is -0.361 e. The molecule has 4 aromatic rings. The third kappa shape index (κ3) is 3.47. The van der Waals surface area contributed by atoms with Gasteiger partial charge in [0.2, 0.25) is 5.82 Å². The number of aromatic amines is 1. The molecule has 2 N–H and O–H groups in total. The first-order valence-electron chi connectivity index (χ1n) is 8.40. The molecular formula is C19H14N8O. The Bertz CT molecular complexity index is 1210. The average Bonchev–Trinajstić information content (AvgIpc) is 3.35. The molecule has 0 fully saturated rings. The van der Waals surface area contributed by atoms with Gasteiger partial charge in [0.25, 0.3) is 5.91 Å². The Morgan fingerprint density at radius 3 is 2.96 bits per heavy atom. The van der Waals surface area contributed by atoms with Crippen molar-refractivity contribution in [3.05, 3.63) is 65.9 Å².